The van der Waals surface area contributed by atoms with E-state index in [0.29, 0.717) is 10.3 Å². The molecule has 0 atom stereocenters. The summed E-state index contributed by atoms with van der Waals surface area (Å²) < 4.78 is 0. The fourth-order valence-corrected chi connectivity index (χ4v) is 1.67. The fraction of sp³-hybridized carbons (Fsp3) is 0.600. The van der Waals surface area contributed by atoms with Crippen LogP contribution in [0.1, 0.15) is 13.8 Å². The van der Waals surface area contributed by atoms with Gasteiger partial charge in [0.1, 0.15) is 0 Å². The van der Waals surface area contributed by atoms with E-state index in [0.717, 1.165) is 0 Å². The monoisotopic (exact) mass is 160 g/mol. The van der Waals surface area contributed by atoms with Gasteiger partial charge in [-0.25, -0.2) is 9.98 Å². The minimum absolute atomic E-state index is 0.223. The molecular formula is C5H12N4S+2. The average molecular weight is 160 g/mol. The van der Waals surface area contributed by atoms with Gasteiger partial charge in [0, 0.05) is 13.8 Å². The van der Waals surface area contributed by atoms with Gasteiger partial charge in [-0.15, -0.1) is 0 Å². The van der Waals surface area contributed by atoms with Crippen LogP contribution in [0.2, 0.25) is 0 Å². The second-order valence-electron chi connectivity index (χ2n) is 2.71. The molecule has 0 aliphatic carbocycles. The van der Waals surface area contributed by atoms with Gasteiger partial charge in [-0.2, -0.15) is 0 Å². The largest absolute Gasteiger partial charge is 0.317 e. The predicted molar refractivity (Wildman–Crippen MR) is 42.0 cm³/mol. The van der Waals surface area contributed by atoms with Crippen molar-refractivity contribution in [3.63, 3.8) is 0 Å². The molecule has 0 aromatic rings. The van der Waals surface area contributed by atoms with E-state index in [1.807, 2.05) is 13.8 Å². The molecule has 1 aliphatic heterocycles. The van der Waals surface area contributed by atoms with E-state index in [1.54, 1.807) is 0 Å². The normalized spacial score (nSPS) is 23.4. The number of nitrogens with two attached hydrogens (primary N) is 2. The van der Waals surface area contributed by atoms with Crippen molar-refractivity contribution in [1.29, 1.82) is 0 Å². The molecule has 0 radical (unpaired) electrons. The van der Waals surface area contributed by atoms with Crippen molar-refractivity contribution in [2.45, 2.75) is 19.5 Å². The van der Waals surface area contributed by atoms with E-state index in [2.05, 4.69) is 9.98 Å². The van der Waals surface area contributed by atoms with Crippen molar-refractivity contribution < 1.29 is 9.98 Å². The molecule has 0 saturated heterocycles. The highest BCUT2D eigenvalue weighted by Gasteiger charge is 2.28. The summed E-state index contributed by atoms with van der Waals surface area (Å²) in [7, 11) is 0. The first kappa shape index (κ1) is 7.40. The van der Waals surface area contributed by atoms with Crippen LogP contribution in [0.25, 0.3) is 0 Å². The Balaban J connectivity index is 2.88. The first-order valence-electron chi connectivity index (χ1n) is 2.99. The summed E-state index contributed by atoms with van der Waals surface area (Å²) >= 11 is 1.31. The van der Waals surface area contributed by atoms with Crippen LogP contribution in [-0.2, 0) is 0 Å². The zero-order valence-corrected chi connectivity index (χ0v) is 6.88. The van der Waals surface area contributed by atoms with Crippen LogP contribution in [0.15, 0.2) is 0 Å². The third-order valence-electron chi connectivity index (χ3n) is 1.09. The van der Waals surface area contributed by atoms with Crippen LogP contribution in [0.4, 0.5) is 0 Å². The second-order valence-corrected chi connectivity index (χ2v) is 3.79. The highest BCUT2D eigenvalue weighted by Crippen LogP contribution is 1.92. The SMILES string of the molecule is CC1(C)[NH+]=C(N)SC(N)=[NH+]1. The van der Waals surface area contributed by atoms with Crippen molar-refractivity contribution in [2.24, 2.45) is 11.5 Å². The van der Waals surface area contributed by atoms with E-state index in [1.165, 1.54) is 11.8 Å². The van der Waals surface area contributed by atoms with Crippen LogP contribution in [0, 0.1) is 0 Å². The topological polar surface area (TPSA) is 80.0 Å². The van der Waals surface area contributed by atoms with Gasteiger partial charge in [-0.3, -0.25) is 11.5 Å². The number of thioether (sulfide) groups is 1. The summed E-state index contributed by atoms with van der Waals surface area (Å²) in [6.07, 6.45) is 0. The molecule has 0 unspecified atom stereocenters. The van der Waals surface area contributed by atoms with Crippen LogP contribution in [0.3, 0.4) is 0 Å². The molecular weight excluding hydrogens is 148 g/mol. The lowest BCUT2D eigenvalue weighted by Gasteiger charge is -2.12. The Morgan fingerprint density at radius 1 is 1.20 bits per heavy atom. The van der Waals surface area contributed by atoms with E-state index >= 15 is 0 Å². The second kappa shape index (κ2) is 2.16. The summed E-state index contributed by atoms with van der Waals surface area (Å²) in [5, 5.41) is 1.28. The van der Waals surface area contributed by atoms with Crippen molar-refractivity contribution in [2.75, 3.05) is 0 Å². The van der Waals surface area contributed by atoms with E-state index < -0.39 is 0 Å². The fourth-order valence-electron chi connectivity index (χ4n) is 0.817. The molecule has 0 fully saturated rings. The Kier molecular flexibility index (Phi) is 1.60. The van der Waals surface area contributed by atoms with Gasteiger partial charge in [0.2, 0.25) is 5.66 Å². The summed E-state index contributed by atoms with van der Waals surface area (Å²) in [6, 6.07) is 0. The Morgan fingerprint density at radius 2 is 1.60 bits per heavy atom. The third-order valence-corrected chi connectivity index (χ3v) is 1.74. The Hall–Kier alpha value is -0.710. The lowest BCUT2D eigenvalue weighted by Crippen LogP contribution is -3.10. The summed E-state index contributed by atoms with van der Waals surface area (Å²) in [5.41, 5.74) is 10.8. The molecule has 0 spiro atoms. The molecule has 56 valence electrons. The number of amidine groups is 2. The highest BCUT2D eigenvalue weighted by molar-refractivity contribution is 8.25. The smallest absolute Gasteiger partial charge is 0.281 e. The number of rotatable bonds is 0. The van der Waals surface area contributed by atoms with Crippen molar-refractivity contribution in [3.8, 4) is 0 Å². The van der Waals surface area contributed by atoms with Gasteiger partial charge in [0.15, 0.2) is 0 Å². The van der Waals surface area contributed by atoms with Crippen molar-refractivity contribution >= 4 is 22.1 Å². The molecule has 0 bridgehead atoms. The molecule has 1 aliphatic rings. The molecule has 0 aromatic heterocycles. The van der Waals surface area contributed by atoms with Gasteiger partial charge in [0.25, 0.3) is 0 Å². The number of hydrogen-bond donors (Lipinski definition) is 4. The minimum Gasteiger partial charge on any atom is -0.281 e. The highest BCUT2D eigenvalue weighted by atomic mass is 32.2. The Morgan fingerprint density at radius 3 is 1.90 bits per heavy atom. The number of hydrogen-bond acceptors (Lipinski definition) is 3. The van der Waals surface area contributed by atoms with Gasteiger partial charge in [-0.05, 0) is 0 Å². The van der Waals surface area contributed by atoms with Crippen LogP contribution in [0.5, 0.6) is 0 Å². The van der Waals surface area contributed by atoms with Gasteiger partial charge >= 0.3 is 10.3 Å². The zero-order valence-electron chi connectivity index (χ0n) is 6.06. The van der Waals surface area contributed by atoms with Crippen LogP contribution in [-0.4, -0.2) is 16.0 Å². The maximum atomic E-state index is 5.53. The van der Waals surface area contributed by atoms with Gasteiger partial charge in [-0.1, -0.05) is 0 Å². The first-order valence-corrected chi connectivity index (χ1v) is 3.80. The maximum absolute atomic E-state index is 5.53. The molecule has 10 heavy (non-hydrogen) atoms. The Labute approximate surface area is 63.8 Å². The number of nitrogens with one attached hydrogen (secondary N) is 2. The van der Waals surface area contributed by atoms with Crippen LogP contribution >= 0.6 is 11.8 Å². The molecule has 0 aromatic carbocycles. The standard InChI is InChI=1S/C5H10N4S/c1-5(2)8-3(6)10-4(7)9-5/h1-2H3,(H2,6,8)(H2,7,9)/p+2. The van der Waals surface area contributed by atoms with Gasteiger partial charge in [0.05, 0.1) is 11.8 Å². The molecule has 4 nitrogen and oxygen atoms in total. The maximum Gasteiger partial charge on any atom is 0.317 e. The van der Waals surface area contributed by atoms with E-state index in [-0.39, 0.29) is 5.66 Å². The molecule has 6 N–H and O–H groups in total. The van der Waals surface area contributed by atoms with Crippen molar-refractivity contribution in [3.05, 3.63) is 0 Å². The van der Waals surface area contributed by atoms with Crippen LogP contribution < -0.4 is 21.5 Å². The summed E-state index contributed by atoms with van der Waals surface area (Å²) in [4.78, 5) is 6.06. The molecule has 5 heteroatoms. The molecule has 1 rings (SSSR count). The molecule has 0 amide bonds. The molecule has 0 saturated carbocycles. The summed E-state index contributed by atoms with van der Waals surface area (Å²) in [5.74, 6) is 0. The Bertz CT molecular complexity index is 186. The van der Waals surface area contributed by atoms with E-state index in [9.17, 15) is 0 Å². The lowest BCUT2D eigenvalue weighted by molar-refractivity contribution is -0.782. The first-order chi connectivity index (χ1) is 4.49. The average Bonchev–Trinajstić information content (AvgIpc) is 1.54. The van der Waals surface area contributed by atoms with Crippen molar-refractivity contribution in [1.82, 2.24) is 0 Å². The molecule has 1 heterocycles. The van der Waals surface area contributed by atoms with E-state index in [4.69, 9.17) is 11.5 Å². The quantitative estimate of drug-likeness (QED) is 0.294. The third kappa shape index (κ3) is 1.63. The van der Waals surface area contributed by atoms with Gasteiger partial charge < -0.3 is 0 Å². The predicted octanol–water partition coefficient (Wildman–Crippen LogP) is -3.74. The zero-order chi connectivity index (χ0) is 7.78. The minimum atomic E-state index is -0.223. The lowest BCUT2D eigenvalue weighted by atomic mass is 10.3. The summed E-state index contributed by atoms with van der Waals surface area (Å²) in [6.45, 7) is 3.93.